The molecule has 0 saturated carbocycles. The average molecular weight is 428 g/mol. The number of nitrogens with one attached hydrogen (secondary N) is 1. The Morgan fingerprint density at radius 2 is 1.77 bits per heavy atom. The summed E-state index contributed by atoms with van der Waals surface area (Å²) >= 11 is 1.16. The summed E-state index contributed by atoms with van der Waals surface area (Å²) < 4.78 is 5.86. The van der Waals surface area contributed by atoms with Crippen molar-refractivity contribution in [2.45, 2.75) is 0 Å². The smallest absolute Gasteiger partial charge is 0.346 e. The molecule has 3 aromatic heterocycles. The van der Waals surface area contributed by atoms with Gasteiger partial charge in [0.1, 0.15) is 16.4 Å². The van der Waals surface area contributed by atoms with Gasteiger partial charge in [-0.3, -0.25) is 5.10 Å². The maximum absolute atomic E-state index is 11.6. The van der Waals surface area contributed by atoms with Crippen LogP contribution < -0.4 is 10.5 Å². The molecule has 0 radical (unpaired) electrons. The van der Waals surface area contributed by atoms with Gasteiger partial charge in [-0.2, -0.15) is 5.10 Å². The van der Waals surface area contributed by atoms with E-state index in [4.69, 9.17) is 15.5 Å². The number of fused-ring (bicyclic) bond motifs is 1. The summed E-state index contributed by atoms with van der Waals surface area (Å²) in [5.41, 5.74) is 9.30. The highest BCUT2D eigenvalue weighted by Gasteiger charge is 2.19. The van der Waals surface area contributed by atoms with Crippen molar-refractivity contribution in [1.82, 2.24) is 15.2 Å². The first-order valence-corrected chi connectivity index (χ1v) is 10.3. The molecule has 0 aliphatic rings. The van der Waals surface area contributed by atoms with Crippen molar-refractivity contribution in [1.29, 1.82) is 0 Å². The van der Waals surface area contributed by atoms with Gasteiger partial charge < -0.3 is 15.6 Å². The minimum Gasteiger partial charge on any atom is -0.477 e. The highest BCUT2D eigenvalue weighted by Crippen LogP contribution is 2.36. The number of carboxylic acids is 1. The maximum atomic E-state index is 11.6. The molecule has 5 aromatic rings. The Kier molecular flexibility index (Phi) is 4.61. The number of nitrogens with zero attached hydrogens (tertiary/aromatic N) is 2. The molecule has 0 saturated heterocycles. The molecule has 0 atom stereocenters. The third-order valence-electron chi connectivity index (χ3n) is 4.81. The first-order chi connectivity index (χ1) is 15.1. The van der Waals surface area contributed by atoms with Crippen molar-refractivity contribution < 1.29 is 14.6 Å². The van der Waals surface area contributed by atoms with Crippen LogP contribution in [0.2, 0.25) is 0 Å². The van der Waals surface area contributed by atoms with Gasteiger partial charge in [0, 0.05) is 11.1 Å². The minimum absolute atomic E-state index is 0.233. The van der Waals surface area contributed by atoms with Crippen LogP contribution >= 0.6 is 11.3 Å². The van der Waals surface area contributed by atoms with Crippen LogP contribution in [0, 0.1) is 0 Å². The Morgan fingerprint density at radius 3 is 2.52 bits per heavy atom. The number of aromatic amines is 1. The first kappa shape index (κ1) is 18.8. The van der Waals surface area contributed by atoms with E-state index in [0.717, 1.165) is 22.6 Å². The SMILES string of the molecule is Nc1n[nH]c2cc(-c3ccsc3C(=O)O)nc(-c3ccc(Oc4ccccc4)cc3)c12. The lowest BCUT2D eigenvalue weighted by molar-refractivity contribution is 0.0703. The number of rotatable bonds is 5. The average Bonchev–Trinajstić information content (AvgIpc) is 3.42. The predicted octanol–water partition coefficient (Wildman–Crippen LogP) is 5.43. The largest absolute Gasteiger partial charge is 0.477 e. The summed E-state index contributed by atoms with van der Waals surface area (Å²) in [6, 6.07) is 20.5. The molecule has 5 rings (SSSR count). The third kappa shape index (κ3) is 3.49. The number of carboxylic acid groups (broad SMARTS) is 1. The van der Waals surface area contributed by atoms with Crippen LogP contribution in [0.4, 0.5) is 5.82 Å². The number of pyridine rings is 1. The summed E-state index contributed by atoms with van der Waals surface area (Å²) in [5, 5.41) is 18.9. The fourth-order valence-electron chi connectivity index (χ4n) is 3.40. The summed E-state index contributed by atoms with van der Waals surface area (Å²) in [6.07, 6.45) is 0. The maximum Gasteiger partial charge on any atom is 0.346 e. The van der Waals surface area contributed by atoms with Crippen LogP contribution in [0.3, 0.4) is 0 Å². The summed E-state index contributed by atoms with van der Waals surface area (Å²) in [7, 11) is 0. The number of thiophene rings is 1. The van der Waals surface area contributed by atoms with Crippen LogP contribution in [0.25, 0.3) is 33.4 Å². The molecule has 0 fully saturated rings. The Balaban J connectivity index is 1.59. The number of nitrogens with two attached hydrogens (primary N) is 1. The predicted molar refractivity (Wildman–Crippen MR) is 121 cm³/mol. The number of para-hydroxylation sites is 1. The fraction of sp³-hybridized carbons (Fsp3) is 0. The van der Waals surface area contributed by atoms with Gasteiger partial charge in [-0.25, -0.2) is 9.78 Å². The molecule has 3 heterocycles. The number of aromatic carboxylic acids is 1. The first-order valence-electron chi connectivity index (χ1n) is 9.39. The zero-order valence-corrected chi connectivity index (χ0v) is 16.9. The second-order valence-electron chi connectivity index (χ2n) is 6.80. The number of hydrogen-bond acceptors (Lipinski definition) is 6. The number of H-pyrrole nitrogens is 1. The van der Waals surface area contributed by atoms with E-state index in [0.29, 0.717) is 39.4 Å². The molecule has 0 bridgehead atoms. The van der Waals surface area contributed by atoms with Crippen LogP contribution in [0.1, 0.15) is 9.67 Å². The molecule has 0 aliphatic heterocycles. The number of hydrogen-bond donors (Lipinski definition) is 3. The summed E-state index contributed by atoms with van der Waals surface area (Å²) in [5.74, 6) is 0.779. The van der Waals surface area contributed by atoms with E-state index in [-0.39, 0.29) is 4.88 Å². The summed E-state index contributed by atoms with van der Waals surface area (Å²) in [4.78, 5) is 16.6. The zero-order chi connectivity index (χ0) is 21.4. The number of aromatic nitrogens is 3. The van der Waals surface area contributed by atoms with E-state index in [1.165, 1.54) is 0 Å². The van der Waals surface area contributed by atoms with E-state index in [1.807, 2.05) is 54.6 Å². The Bertz CT molecular complexity index is 1390. The molecule has 0 spiro atoms. The minimum atomic E-state index is -0.986. The molecular formula is C23H16N4O3S. The number of nitrogen functional groups attached to an aromatic ring is 1. The molecule has 0 aliphatic carbocycles. The van der Waals surface area contributed by atoms with Crippen molar-refractivity contribution in [3.8, 4) is 34.0 Å². The Hall–Kier alpha value is -4.17. The van der Waals surface area contributed by atoms with E-state index >= 15 is 0 Å². The van der Waals surface area contributed by atoms with E-state index in [2.05, 4.69) is 10.2 Å². The summed E-state index contributed by atoms with van der Waals surface area (Å²) in [6.45, 7) is 0. The lowest BCUT2D eigenvalue weighted by Crippen LogP contribution is -1.97. The second kappa shape index (κ2) is 7.58. The van der Waals surface area contributed by atoms with E-state index in [9.17, 15) is 9.90 Å². The van der Waals surface area contributed by atoms with Gasteiger partial charge in [0.15, 0.2) is 5.82 Å². The Morgan fingerprint density at radius 1 is 1.03 bits per heavy atom. The topological polar surface area (TPSA) is 114 Å². The van der Waals surface area contributed by atoms with Crippen molar-refractivity contribution in [2.24, 2.45) is 0 Å². The van der Waals surface area contributed by atoms with Crippen LogP contribution in [-0.2, 0) is 0 Å². The fourth-order valence-corrected chi connectivity index (χ4v) is 4.14. The van der Waals surface area contributed by atoms with Gasteiger partial charge in [0.25, 0.3) is 0 Å². The van der Waals surface area contributed by atoms with E-state index < -0.39 is 5.97 Å². The Labute approximate surface area is 180 Å². The number of benzene rings is 2. The van der Waals surface area contributed by atoms with Crippen molar-refractivity contribution in [2.75, 3.05) is 5.73 Å². The lowest BCUT2D eigenvalue weighted by Gasteiger charge is -2.09. The van der Waals surface area contributed by atoms with E-state index in [1.54, 1.807) is 17.5 Å². The van der Waals surface area contributed by atoms with Gasteiger partial charge in [-0.15, -0.1) is 11.3 Å². The third-order valence-corrected chi connectivity index (χ3v) is 5.72. The van der Waals surface area contributed by atoms with Gasteiger partial charge >= 0.3 is 5.97 Å². The molecule has 0 unspecified atom stereocenters. The number of ether oxygens (including phenoxy) is 1. The normalized spacial score (nSPS) is 11.0. The highest BCUT2D eigenvalue weighted by atomic mass is 32.1. The highest BCUT2D eigenvalue weighted by molar-refractivity contribution is 7.12. The molecule has 7 nitrogen and oxygen atoms in total. The number of anilines is 1. The van der Waals surface area contributed by atoms with Crippen molar-refractivity contribution in [3.05, 3.63) is 77.0 Å². The molecular weight excluding hydrogens is 412 g/mol. The van der Waals surface area contributed by atoms with Crippen LogP contribution in [0.5, 0.6) is 11.5 Å². The standard InChI is InChI=1S/C23H16N4O3S/c24-22-19-18(26-27-22)12-17(16-10-11-31-21(16)23(28)29)25-20(19)13-6-8-15(9-7-13)30-14-4-2-1-3-5-14/h1-12H,(H,28,29)(H3,24,26,27). The molecule has 31 heavy (non-hydrogen) atoms. The zero-order valence-electron chi connectivity index (χ0n) is 16.1. The molecule has 0 amide bonds. The second-order valence-corrected chi connectivity index (χ2v) is 7.71. The lowest BCUT2D eigenvalue weighted by atomic mass is 10.0. The molecule has 2 aromatic carbocycles. The van der Waals surface area contributed by atoms with Crippen LogP contribution in [0.15, 0.2) is 72.1 Å². The van der Waals surface area contributed by atoms with Crippen molar-refractivity contribution >= 4 is 34.0 Å². The van der Waals surface area contributed by atoms with Crippen LogP contribution in [-0.4, -0.2) is 26.3 Å². The van der Waals surface area contributed by atoms with Gasteiger partial charge in [-0.05, 0) is 53.9 Å². The van der Waals surface area contributed by atoms with Gasteiger partial charge in [-0.1, -0.05) is 18.2 Å². The van der Waals surface area contributed by atoms with Gasteiger partial charge in [0.2, 0.25) is 0 Å². The quantitative estimate of drug-likeness (QED) is 0.344. The molecule has 8 heteroatoms. The number of carbonyl (C=O) groups is 1. The van der Waals surface area contributed by atoms with Crippen molar-refractivity contribution in [3.63, 3.8) is 0 Å². The molecule has 152 valence electrons. The monoisotopic (exact) mass is 428 g/mol. The molecule has 4 N–H and O–H groups in total. The van der Waals surface area contributed by atoms with Gasteiger partial charge in [0.05, 0.1) is 22.3 Å².